The van der Waals surface area contributed by atoms with Crippen molar-refractivity contribution >= 4 is 21.8 Å². The molecule has 0 bridgehead atoms. The molecule has 0 fully saturated rings. The molecule has 0 unspecified atom stereocenters. The van der Waals surface area contributed by atoms with Gasteiger partial charge < -0.3 is 9.84 Å². The summed E-state index contributed by atoms with van der Waals surface area (Å²) in [5.41, 5.74) is 1.61. The second-order valence-corrected chi connectivity index (χ2v) is 7.07. The number of amides is 1. The third-order valence-corrected chi connectivity index (χ3v) is 4.69. The minimum atomic E-state index is -0.328. The highest BCUT2D eigenvalue weighted by molar-refractivity contribution is 9.10. The van der Waals surface area contributed by atoms with Crippen LogP contribution in [-0.4, -0.2) is 22.6 Å². The Kier molecular flexibility index (Phi) is 6.86. The third kappa shape index (κ3) is 5.69. The standard InChI is InChI=1S/C20H18BrF2N3O2/c21-16-12-13(4-9-17(16)23)10-11-24-18(27)2-1-3-19-25-20(26-28-19)14-5-7-15(22)8-6-14/h4-9,12H,1-3,10-11H2,(H,24,27). The normalized spacial score (nSPS) is 10.8. The summed E-state index contributed by atoms with van der Waals surface area (Å²) in [4.78, 5) is 16.2. The molecule has 0 atom stereocenters. The molecule has 1 N–H and O–H groups in total. The van der Waals surface area contributed by atoms with Crippen molar-refractivity contribution in [2.45, 2.75) is 25.7 Å². The number of nitrogens with zero attached hydrogens (tertiary/aromatic N) is 2. The van der Waals surface area contributed by atoms with Gasteiger partial charge in [0, 0.05) is 24.9 Å². The van der Waals surface area contributed by atoms with Crippen LogP contribution in [0.3, 0.4) is 0 Å². The summed E-state index contributed by atoms with van der Waals surface area (Å²) in [5, 5.41) is 6.71. The lowest BCUT2D eigenvalue weighted by atomic mass is 10.1. The first-order valence-corrected chi connectivity index (χ1v) is 9.60. The van der Waals surface area contributed by atoms with Crippen LogP contribution in [0.25, 0.3) is 11.4 Å². The number of rotatable bonds is 8. The van der Waals surface area contributed by atoms with Crippen LogP contribution in [0, 0.1) is 11.6 Å². The summed E-state index contributed by atoms with van der Waals surface area (Å²) in [5.74, 6) is 0.120. The number of aromatic nitrogens is 2. The number of carbonyl (C=O) groups is 1. The summed E-state index contributed by atoms with van der Waals surface area (Å²) in [6.45, 7) is 0.478. The molecule has 5 nitrogen and oxygen atoms in total. The first-order chi connectivity index (χ1) is 13.5. The maximum Gasteiger partial charge on any atom is 0.226 e. The number of hydrogen-bond donors (Lipinski definition) is 1. The Labute approximate surface area is 169 Å². The predicted molar refractivity (Wildman–Crippen MR) is 103 cm³/mol. The number of hydrogen-bond acceptors (Lipinski definition) is 4. The number of aryl methyl sites for hydroxylation is 1. The van der Waals surface area contributed by atoms with E-state index in [0.29, 0.717) is 54.0 Å². The van der Waals surface area contributed by atoms with E-state index in [1.807, 2.05) is 0 Å². The van der Waals surface area contributed by atoms with Crippen molar-refractivity contribution in [3.8, 4) is 11.4 Å². The van der Waals surface area contributed by atoms with Crippen molar-refractivity contribution in [2.24, 2.45) is 0 Å². The summed E-state index contributed by atoms with van der Waals surface area (Å²) in [6, 6.07) is 10.6. The van der Waals surface area contributed by atoms with Gasteiger partial charge in [0.25, 0.3) is 0 Å². The van der Waals surface area contributed by atoms with Crippen LogP contribution in [0.15, 0.2) is 51.5 Å². The molecule has 0 aliphatic carbocycles. The minimum absolute atomic E-state index is 0.0700. The van der Waals surface area contributed by atoms with Gasteiger partial charge in [-0.2, -0.15) is 4.98 Å². The van der Waals surface area contributed by atoms with Gasteiger partial charge in [0.15, 0.2) is 0 Å². The van der Waals surface area contributed by atoms with Crippen LogP contribution in [0.4, 0.5) is 8.78 Å². The van der Waals surface area contributed by atoms with Crippen molar-refractivity contribution < 1.29 is 18.1 Å². The van der Waals surface area contributed by atoms with E-state index >= 15 is 0 Å². The van der Waals surface area contributed by atoms with E-state index in [2.05, 4.69) is 31.4 Å². The van der Waals surface area contributed by atoms with Gasteiger partial charge in [-0.1, -0.05) is 11.2 Å². The van der Waals surface area contributed by atoms with E-state index < -0.39 is 0 Å². The Bertz CT molecular complexity index is 945. The molecule has 3 rings (SSSR count). The zero-order chi connectivity index (χ0) is 19.9. The third-order valence-electron chi connectivity index (χ3n) is 4.08. The van der Waals surface area contributed by atoms with E-state index in [1.54, 1.807) is 24.3 Å². The first kappa shape index (κ1) is 20.1. The van der Waals surface area contributed by atoms with Crippen molar-refractivity contribution in [3.63, 3.8) is 0 Å². The first-order valence-electron chi connectivity index (χ1n) is 8.80. The quantitative estimate of drug-likeness (QED) is 0.551. The van der Waals surface area contributed by atoms with Crippen LogP contribution in [0.5, 0.6) is 0 Å². The molecule has 28 heavy (non-hydrogen) atoms. The van der Waals surface area contributed by atoms with E-state index in [0.717, 1.165) is 5.56 Å². The zero-order valence-electron chi connectivity index (χ0n) is 14.9. The largest absolute Gasteiger partial charge is 0.356 e. The topological polar surface area (TPSA) is 68.0 Å². The highest BCUT2D eigenvalue weighted by atomic mass is 79.9. The fourth-order valence-electron chi connectivity index (χ4n) is 2.60. The molecule has 1 amide bonds. The van der Waals surface area contributed by atoms with Gasteiger partial charge in [0.1, 0.15) is 11.6 Å². The number of halogens is 3. The molecule has 0 aliphatic heterocycles. The van der Waals surface area contributed by atoms with Gasteiger partial charge in [0.2, 0.25) is 17.6 Å². The molecule has 2 aromatic carbocycles. The van der Waals surface area contributed by atoms with E-state index in [-0.39, 0.29) is 17.5 Å². The van der Waals surface area contributed by atoms with Crippen molar-refractivity contribution in [1.29, 1.82) is 0 Å². The number of nitrogens with one attached hydrogen (secondary N) is 1. The molecule has 1 aromatic heterocycles. The molecule has 8 heteroatoms. The Morgan fingerprint density at radius 1 is 1.11 bits per heavy atom. The monoisotopic (exact) mass is 449 g/mol. The van der Waals surface area contributed by atoms with Crippen LogP contribution >= 0.6 is 15.9 Å². The Morgan fingerprint density at radius 2 is 1.89 bits per heavy atom. The minimum Gasteiger partial charge on any atom is -0.356 e. The van der Waals surface area contributed by atoms with Gasteiger partial charge in [0.05, 0.1) is 4.47 Å². The van der Waals surface area contributed by atoms with Crippen molar-refractivity contribution in [1.82, 2.24) is 15.5 Å². The molecular weight excluding hydrogens is 432 g/mol. The maximum atomic E-state index is 13.2. The summed E-state index contributed by atoms with van der Waals surface area (Å²) >= 11 is 3.14. The van der Waals surface area contributed by atoms with Gasteiger partial charge in [-0.15, -0.1) is 0 Å². The molecule has 3 aromatic rings. The second-order valence-electron chi connectivity index (χ2n) is 6.22. The number of carbonyl (C=O) groups excluding carboxylic acids is 1. The van der Waals surface area contributed by atoms with Gasteiger partial charge >= 0.3 is 0 Å². The summed E-state index contributed by atoms with van der Waals surface area (Å²) < 4.78 is 31.7. The Morgan fingerprint density at radius 3 is 2.64 bits per heavy atom. The fraction of sp³-hybridized carbons (Fsp3) is 0.250. The molecule has 0 saturated carbocycles. The lowest BCUT2D eigenvalue weighted by Gasteiger charge is -2.05. The van der Waals surface area contributed by atoms with Crippen molar-refractivity contribution in [2.75, 3.05) is 6.54 Å². The van der Waals surface area contributed by atoms with Gasteiger partial charge in [-0.05, 0) is 70.7 Å². The predicted octanol–water partition coefficient (Wildman–Crippen LogP) is 4.46. The van der Waals surface area contributed by atoms with E-state index in [1.165, 1.54) is 18.2 Å². The molecule has 146 valence electrons. The summed E-state index contributed by atoms with van der Waals surface area (Å²) in [6.07, 6.45) is 2.00. The maximum absolute atomic E-state index is 13.2. The van der Waals surface area contributed by atoms with Crippen LogP contribution in [0.2, 0.25) is 0 Å². The van der Waals surface area contributed by atoms with Crippen LogP contribution in [0.1, 0.15) is 24.3 Å². The van der Waals surface area contributed by atoms with Crippen molar-refractivity contribution in [3.05, 3.63) is 70.0 Å². The fourth-order valence-corrected chi connectivity index (χ4v) is 3.03. The SMILES string of the molecule is O=C(CCCc1nc(-c2ccc(F)cc2)no1)NCCc1ccc(F)c(Br)c1. The average molecular weight is 450 g/mol. The lowest BCUT2D eigenvalue weighted by molar-refractivity contribution is -0.121. The van der Waals surface area contributed by atoms with Gasteiger partial charge in [-0.3, -0.25) is 4.79 Å². The molecule has 0 aliphatic rings. The van der Waals surface area contributed by atoms with E-state index in [9.17, 15) is 13.6 Å². The Hall–Kier alpha value is -2.61. The second kappa shape index (κ2) is 9.54. The number of benzene rings is 2. The molecule has 0 spiro atoms. The highest BCUT2D eigenvalue weighted by Crippen LogP contribution is 2.18. The van der Waals surface area contributed by atoms with Gasteiger partial charge in [-0.25, -0.2) is 8.78 Å². The molecule has 1 heterocycles. The summed E-state index contributed by atoms with van der Waals surface area (Å²) in [7, 11) is 0. The molecule has 0 radical (unpaired) electrons. The lowest BCUT2D eigenvalue weighted by Crippen LogP contribution is -2.25. The van der Waals surface area contributed by atoms with Crippen LogP contribution < -0.4 is 5.32 Å². The average Bonchev–Trinajstić information content (AvgIpc) is 3.14. The van der Waals surface area contributed by atoms with E-state index in [4.69, 9.17) is 4.52 Å². The zero-order valence-corrected chi connectivity index (χ0v) is 16.5. The smallest absolute Gasteiger partial charge is 0.226 e. The highest BCUT2D eigenvalue weighted by Gasteiger charge is 2.10. The molecular formula is C20H18BrF2N3O2. The Balaban J connectivity index is 1.38. The van der Waals surface area contributed by atoms with Crippen LogP contribution in [-0.2, 0) is 17.6 Å². The molecule has 0 saturated heterocycles.